The van der Waals surface area contributed by atoms with Crippen LogP contribution in [0, 0.1) is 0 Å². The number of piperidine rings is 1. The molecule has 1 aliphatic heterocycles. The van der Waals surface area contributed by atoms with Gasteiger partial charge in [0, 0.05) is 29.5 Å². The molecule has 0 spiro atoms. The molecule has 2 N–H and O–H groups in total. The molecule has 0 bridgehead atoms. The van der Waals surface area contributed by atoms with Gasteiger partial charge >= 0.3 is 6.03 Å². The van der Waals surface area contributed by atoms with E-state index in [1.807, 2.05) is 12.4 Å². The van der Waals surface area contributed by atoms with E-state index in [1.54, 1.807) is 21.7 Å². The SMILES string of the molecule is CN(Cc1cscn1)C(=O)NC1CC(C)(C)NC(C)(C)C1. The van der Waals surface area contributed by atoms with Crippen LogP contribution in [0.2, 0.25) is 0 Å². The minimum atomic E-state index is -0.0264. The number of urea groups is 1. The molecule has 21 heavy (non-hydrogen) atoms. The Morgan fingerprint density at radius 1 is 1.43 bits per heavy atom. The summed E-state index contributed by atoms with van der Waals surface area (Å²) < 4.78 is 0. The third kappa shape index (κ3) is 4.68. The fourth-order valence-electron chi connectivity index (χ4n) is 3.34. The van der Waals surface area contributed by atoms with Crippen molar-refractivity contribution in [1.82, 2.24) is 20.5 Å². The first-order chi connectivity index (χ1) is 9.67. The summed E-state index contributed by atoms with van der Waals surface area (Å²) in [7, 11) is 1.81. The highest BCUT2D eigenvalue weighted by Crippen LogP contribution is 2.28. The highest BCUT2D eigenvalue weighted by atomic mass is 32.1. The normalized spacial score (nSPS) is 21.0. The monoisotopic (exact) mass is 310 g/mol. The van der Waals surface area contributed by atoms with Crippen molar-refractivity contribution in [1.29, 1.82) is 0 Å². The number of hydrogen-bond donors (Lipinski definition) is 2. The van der Waals surface area contributed by atoms with E-state index in [0.29, 0.717) is 6.54 Å². The number of amides is 2. The maximum absolute atomic E-state index is 12.3. The summed E-state index contributed by atoms with van der Waals surface area (Å²) in [6.07, 6.45) is 1.87. The molecule has 1 aromatic heterocycles. The molecule has 0 saturated carbocycles. The Morgan fingerprint density at radius 3 is 2.57 bits per heavy atom. The van der Waals surface area contributed by atoms with Crippen LogP contribution < -0.4 is 10.6 Å². The summed E-state index contributed by atoms with van der Waals surface area (Å²) in [5.74, 6) is 0. The van der Waals surface area contributed by atoms with Crippen LogP contribution in [0.3, 0.4) is 0 Å². The Morgan fingerprint density at radius 2 is 2.05 bits per heavy atom. The van der Waals surface area contributed by atoms with Gasteiger partial charge in [-0.1, -0.05) is 0 Å². The van der Waals surface area contributed by atoms with E-state index in [9.17, 15) is 4.79 Å². The van der Waals surface area contributed by atoms with Gasteiger partial charge in [-0.2, -0.15) is 0 Å². The van der Waals surface area contributed by atoms with Gasteiger partial charge in [-0.05, 0) is 40.5 Å². The Bertz CT molecular complexity index is 468. The molecule has 1 aliphatic rings. The molecule has 6 heteroatoms. The van der Waals surface area contributed by atoms with Crippen molar-refractivity contribution >= 4 is 17.4 Å². The van der Waals surface area contributed by atoms with Gasteiger partial charge < -0.3 is 15.5 Å². The molecule has 2 rings (SSSR count). The first kappa shape index (κ1) is 16.2. The van der Waals surface area contributed by atoms with E-state index in [1.165, 1.54) is 0 Å². The van der Waals surface area contributed by atoms with E-state index < -0.39 is 0 Å². The van der Waals surface area contributed by atoms with Crippen molar-refractivity contribution in [2.75, 3.05) is 7.05 Å². The van der Waals surface area contributed by atoms with E-state index >= 15 is 0 Å². The molecule has 118 valence electrons. The minimum Gasteiger partial charge on any atom is -0.335 e. The molecule has 2 heterocycles. The third-order valence-electron chi connectivity index (χ3n) is 3.75. The van der Waals surface area contributed by atoms with E-state index in [2.05, 4.69) is 43.3 Å². The van der Waals surface area contributed by atoms with Gasteiger partial charge in [0.1, 0.15) is 0 Å². The number of carbonyl (C=O) groups excluding carboxylic acids is 1. The smallest absolute Gasteiger partial charge is 0.317 e. The minimum absolute atomic E-state index is 0.0264. The van der Waals surface area contributed by atoms with Gasteiger partial charge in [0.25, 0.3) is 0 Å². The second kappa shape index (κ2) is 5.93. The number of aromatic nitrogens is 1. The van der Waals surface area contributed by atoms with Gasteiger partial charge in [0.2, 0.25) is 0 Å². The molecule has 1 fully saturated rings. The molecular weight excluding hydrogens is 284 g/mol. The standard InChI is InChI=1S/C15H26N4OS/c1-14(2)6-11(7-15(3,4)18-14)17-13(20)19(5)8-12-9-21-10-16-12/h9-11,18H,6-8H2,1-5H3,(H,17,20). The first-order valence-electron chi connectivity index (χ1n) is 7.35. The Balaban J connectivity index is 1.92. The number of rotatable bonds is 3. The molecule has 0 aromatic carbocycles. The van der Waals surface area contributed by atoms with Crippen molar-refractivity contribution in [3.8, 4) is 0 Å². The number of thiazole rings is 1. The fourth-order valence-corrected chi connectivity index (χ4v) is 3.89. The lowest BCUT2D eigenvalue weighted by molar-refractivity contribution is 0.140. The topological polar surface area (TPSA) is 57.3 Å². The average Bonchev–Trinajstić information content (AvgIpc) is 2.76. The van der Waals surface area contributed by atoms with Crippen LogP contribution in [-0.2, 0) is 6.54 Å². The van der Waals surface area contributed by atoms with Gasteiger partial charge in [-0.15, -0.1) is 11.3 Å². The zero-order valence-electron chi connectivity index (χ0n) is 13.6. The predicted octanol–water partition coefficient (Wildman–Crippen LogP) is 2.59. The van der Waals surface area contributed by atoms with Crippen molar-refractivity contribution in [3.63, 3.8) is 0 Å². The summed E-state index contributed by atoms with van der Waals surface area (Å²) in [6, 6.07) is 0.170. The quantitative estimate of drug-likeness (QED) is 0.902. The lowest BCUT2D eigenvalue weighted by atomic mass is 9.80. The maximum atomic E-state index is 12.3. The van der Waals surface area contributed by atoms with Crippen molar-refractivity contribution < 1.29 is 4.79 Å². The summed E-state index contributed by atoms with van der Waals surface area (Å²) in [5, 5.41) is 8.76. The molecule has 0 atom stereocenters. The number of carbonyl (C=O) groups is 1. The molecule has 1 saturated heterocycles. The highest BCUT2D eigenvalue weighted by molar-refractivity contribution is 7.07. The van der Waals surface area contributed by atoms with Crippen molar-refractivity contribution in [2.45, 2.75) is 64.2 Å². The molecular formula is C15H26N4OS. The van der Waals surface area contributed by atoms with Crippen LogP contribution in [0.5, 0.6) is 0 Å². The van der Waals surface area contributed by atoms with Gasteiger partial charge in [0.15, 0.2) is 0 Å². The molecule has 0 aliphatic carbocycles. The lowest BCUT2D eigenvalue weighted by Crippen LogP contribution is -2.62. The molecule has 2 amide bonds. The Labute approximate surface area is 131 Å². The number of hydrogen-bond acceptors (Lipinski definition) is 4. The lowest BCUT2D eigenvalue weighted by Gasteiger charge is -2.46. The molecule has 1 aromatic rings. The number of nitrogens with one attached hydrogen (secondary N) is 2. The van der Waals surface area contributed by atoms with Crippen LogP contribution in [0.1, 0.15) is 46.2 Å². The molecule has 0 unspecified atom stereocenters. The van der Waals surface area contributed by atoms with Crippen molar-refractivity contribution in [2.24, 2.45) is 0 Å². The number of nitrogens with zero attached hydrogens (tertiary/aromatic N) is 2. The second-order valence-corrected chi connectivity index (χ2v) is 8.00. The Kier molecular flexibility index (Phi) is 4.58. The zero-order valence-corrected chi connectivity index (χ0v) is 14.4. The van der Waals surface area contributed by atoms with Crippen LogP contribution in [0.15, 0.2) is 10.9 Å². The second-order valence-electron chi connectivity index (χ2n) is 7.28. The highest BCUT2D eigenvalue weighted by Gasteiger charge is 2.38. The maximum Gasteiger partial charge on any atom is 0.317 e. The van der Waals surface area contributed by atoms with Crippen LogP contribution >= 0.6 is 11.3 Å². The third-order valence-corrected chi connectivity index (χ3v) is 4.38. The Hall–Kier alpha value is -1.14. The van der Waals surface area contributed by atoms with Gasteiger partial charge in [-0.3, -0.25) is 0 Å². The summed E-state index contributed by atoms with van der Waals surface area (Å²) in [6.45, 7) is 9.29. The summed E-state index contributed by atoms with van der Waals surface area (Å²) in [4.78, 5) is 18.2. The van der Waals surface area contributed by atoms with Gasteiger partial charge in [-0.25, -0.2) is 9.78 Å². The molecule has 0 radical (unpaired) electrons. The summed E-state index contributed by atoms with van der Waals surface area (Å²) >= 11 is 1.55. The van der Waals surface area contributed by atoms with E-state index in [-0.39, 0.29) is 23.2 Å². The van der Waals surface area contributed by atoms with Gasteiger partial charge in [0.05, 0.1) is 17.7 Å². The fraction of sp³-hybridized carbons (Fsp3) is 0.733. The largest absolute Gasteiger partial charge is 0.335 e. The molecule has 5 nitrogen and oxygen atoms in total. The van der Waals surface area contributed by atoms with E-state index in [0.717, 1.165) is 18.5 Å². The van der Waals surface area contributed by atoms with Crippen LogP contribution in [0.25, 0.3) is 0 Å². The van der Waals surface area contributed by atoms with E-state index in [4.69, 9.17) is 0 Å². The zero-order chi connectivity index (χ0) is 15.7. The predicted molar refractivity (Wildman–Crippen MR) is 86.4 cm³/mol. The summed E-state index contributed by atoms with van der Waals surface area (Å²) in [5.41, 5.74) is 2.79. The average molecular weight is 310 g/mol. The first-order valence-corrected chi connectivity index (χ1v) is 8.29. The van der Waals surface area contributed by atoms with Crippen molar-refractivity contribution in [3.05, 3.63) is 16.6 Å². The van der Waals surface area contributed by atoms with Crippen LogP contribution in [-0.4, -0.2) is 40.1 Å². The van der Waals surface area contributed by atoms with Crippen LogP contribution in [0.4, 0.5) is 4.79 Å².